The number of methoxy groups -OCH3 is 1. The zero-order valence-corrected chi connectivity index (χ0v) is 21.1. The molecule has 0 saturated carbocycles. The molecule has 0 spiro atoms. The predicted molar refractivity (Wildman–Crippen MR) is 131 cm³/mol. The van der Waals surface area contributed by atoms with Crippen molar-refractivity contribution in [2.24, 2.45) is 0 Å². The lowest BCUT2D eigenvalue weighted by molar-refractivity contribution is -0.260. The molecule has 0 fully saturated rings. The quantitative estimate of drug-likeness (QED) is 0.291. The van der Waals surface area contributed by atoms with E-state index in [4.69, 9.17) is 4.74 Å². The van der Waals surface area contributed by atoms with Crippen molar-refractivity contribution in [2.45, 2.75) is 44.4 Å². The lowest BCUT2D eigenvalue weighted by Crippen LogP contribution is -2.53. The van der Waals surface area contributed by atoms with Crippen LogP contribution in [0, 0.1) is 18.6 Å². The van der Waals surface area contributed by atoms with Crippen molar-refractivity contribution in [1.29, 1.82) is 0 Å². The van der Waals surface area contributed by atoms with Gasteiger partial charge in [-0.3, -0.25) is 0 Å². The van der Waals surface area contributed by atoms with Crippen molar-refractivity contribution >= 4 is 16.9 Å². The van der Waals surface area contributed by atoms with Crippen LogP contribution in [0.5, 0.6) is 5.75 Å². The van der Waals surface area contributed by atoms with Gasteiger partial charge in [0.1, 0.15) is 29.0 Å². The number of nitrogens with one attached hydrogen (secondary N) is 1. The molecule has 2 aromatic carbocycles. The minimum atomic E-state index is -5.04. The summed E-state index contributed by atoms with van der Waals surface area (Å²) in [6.07, 6.45) is -4.48. The zero-order chi connectivity index (χ0) is 27.9. The molecule has 2 N–H and O–H groups in total. The third-order valence-electron chi connectivity index (χ3n) is 6.31. The van der Waals surface area contributed by atoms with Gasteiger partial charge < -0.3 is 15.2 Å². The first-order valence-electron chi connectivity index (χ1n) is 11.6. The van der Waals surface area contributed by atoms with Gasteiger partial charge in [0.05, 0.1) is 30.9 Å². The van der Waals surface area contributed by atoms with Gasteiger partial charge in [-0.2, -0.15) is 18.3 Å². The van der Waals surface area contributed by atoms with Gasteiger partial charge >= 0.3 is 6.18 Å². The fourth-order valence-electron chi connectivity index (χ4n) is 4.45. The third kappa shape index (κ3) is 5.26. The second-order valence-corrected chi connectivity index (χ2v) is 9.68. The molecule has 0 bridgehead atoms. The molecule has 2 aromatic heterocycles. The van der Waals surface area contributed by atoms with E-state index in [-0.39, 0.29) is 28.6 Å². The molecule has 202 valence electrons. The van der Waals surface area contributed by atoms with Gasteiger partial charge in [-0.05, 0) is 61.2 Å². The number of alkyl halides is 3. The molecule has 0 aliphatic carbocycles. The highest BCUT2D eigenvalue weighted by molar-refractivity contribution is 5.87. The first kappa shape index (κ1) is 27.2. The Morgan fingerprint density at radius 3 is 2.29 bits per heavy atom. The topological polar surface area (TPSA) is 85.1 Å². The summed E-state index contributed by atoms with van der Waals surface area (Å²) >= 11 is 0. The van der Waals surface area contributed by atoms with Crippen LogP contribution < -0.4 is 10.1 Å². The highest BCUT2D eigenvalue weighted by atomic mass is 19.4. The fourth-order valence-corrected chi connectivity index (χ4v) is 4.45. The largest absolute Gasteiger partial charge is 0.496 e. The summed E-state index contributed by atoms with van der Waals surface area (Å²) in [5, 5.41) is 18.1. The molecule has 1 unspecified atom stereocenters. The average molecular weight is 536 g/mol. The Balaban J connectivity index is 1.68. The zero-order valence-electron chi connectivity index (χ0n) is 21.1. The van der Waals surface area contributed by atoms with Crippen LogP contribution in [0.1, 0.15) is 31.7 Å². The molecule has 0 aliphatic heterocycles. The van der Waals surface area contributed by atoms with E-state index in [1.165, 1.54) is 62.2 Å². The van der Waals surface area contributed by atoms with Gasteiger partial charge in [0.2, 0.25) is 0 Å². The van der Waals surface area contributed by atoms with Gasteiger partial charge in [-0.25, -0.2) is 23.4 Å². The van der Waals surface area contributed by atoms with E-state index in [1.54, 1.807) is 6.92 Å². The van der Waals surface area contributed by atoms with Crippen LogP contribution in [-0.2, 0) is 5.41 Å². The van der Waals surface area contributed by atoms with Crippen molar-refractivity contribution in [2.75, 3.05) is 19.0 Å². The Bertz CT molecular complexity index is 1450. The van der Waals surface area contributed by atoms with Gasteiger partial charge in [0, 0.05) is 5.56 Å². The predicted octanol–water partition coefficient (Wildman–Crippen LogP) is 5.48. The highest BCUT2D eigenvalue weighted by Gasteiger charge is 2.56. The normalized spacial score (nSPS) is 13.9. The molecule has 12 heteroatoms. The number of aryl methyl sites for hydroxylation is 1. The van der Waals surface area contributed by atoms with Gasteiger partial charge in [0.25, 0.3) is 0 Å². The van der Waals surface area contributed by atoms with Crippen molar-refractivity contribution in [3.8, 4) is 11.4 Å². The van der Waals surface area contributed by atoms with E-state index in [0.29, 0.717) is 11.1 Å². The number of aromatic nitrogens is 4. The molecule has 0 aliphatic rings. The number of hydrogen-bond acceptors (Lipinski definition) is 6. The molecule has 0 saturated heterocycles. The van der Waals surface area contributed by atoms with Crippen molar-refractivity contribution in [1.82, 2.24) is 19.7 Å². The van der Waals surface area contributed by atoms with Gasteiger partial charge in [-0.1, -0.05) is 13.8 Å². The van der Waals surface area contributed by atoms with Crippen LogP contribution in [-0.4, -0.2) is 50.3 Å². The number of aliphatic hydroxyl groups is 1. The Labute approximate surface area is 215 Å². The Kier molecular flexibility index (Phi) is 7.04. The maximum Gasteiger partial charge on any atom is 0.418 e. The van der Waals surface area contributed by atoms with Crippen LogP contribution in [0.25, 0.3) is 16.7 Å². The molecule has 0 amide bonds. The van der Waals surface area contributed by atoms with Crippen LogP contribution in [0.15, 0.2) is 48.7 Å². The number of anilines is 1. The summed E-state index contributed by atoms with van der Waals surface area (Å²) in [7, 11) is 1.33. The van der Waals surface area contributed by atoms with E-state index in [2.05, 4.69) is 20.4 Å². The monoisotopic (exact) mass is 535 g/mol. The number of hydrogen-bond donors (Lipinski definition) is 2. The van der Waals surface area contributed by atoms with E-state index < -0.39 is 41.8 Å². The maximum atomic E-state index is 14.3. The van der Waals surface area contributed by atoms with Gasteiger partial charge in [0.15, 0.2) is 11.2 Å². The summed E-state index contributed by atoms with van der Waals surface area (Å²) in [4.78, 5) is 8.55. The lowest BCUT2D eigenvalue weighted by atomic mass is 9.74. The minimum Gasteiger partial charge on any atom is -0.496 e. The Morgan fingerprint density at radius 2 is 1.66 bits per heavy atom. The lowest BCUT2D eigenvalue weighted by Gasteiger charge is -2.38. The number of rotatable bonds is 8. The molecular weight excluding hydrogens is 509 g/mol. The molecule has 0 radical (unpaired) electrons. The Morgan fingerprint density at radius 1 is 1.00 bits per heavy atom. The third-order valence-corrected chi connectivity index (χ3v) is 6.31. The second kappa shape index (κ2) is 9.82. The van der Waals surface area contributed by atoms with Gasteiger partial charge in [-0.15, -0.1) is 0 Å². The second-order valence-electron chi connectivity index (χ2n) is 9.68. The first-order valence-corrected chi connectivity index (χ1v) is 11.6. The minimum absolute atomic E-state index is 0.0321. The number of ether oxygens (including phenoxy) is 1. The van der Waals surface area contributed by atoms with Crippen molar-refractivity contribution < 1.29 is 31.8 Å². The van der Waals surface area contributed by atoms with E-state index >= 15 is 0 Å². The molecule has 1 atom stereocenters. The highest BCUT2D eigenvalue weighted by Crippen LogP contribution is 2.44. The maximum absolute atomic E-state index is 14.3. The fraction of sp³-hybridized carbons (Fsp3) is 0.346. The molecule has 2 heterocycles. The molecule has 38 heavy (non-hydrogen) atoms. The molecule has 7 nitrogen and oxygen atoms in total. The van der Waals surface area contributed by atoms with Crippen LogP contribution in [0.4, 0.5) is 27.8 Å². The van der Waals surface area contributed by atoms with E-state index in [0.717, 1.165) is 12.1 Å². The van der Waals surface area contributed by atoms with Crippen LogP contribution >= 0.6 is 0 Å². The van der Waals surface area contributed by atoms with E-state index in [1.807, 2.05) is 0 Å². The van der Waals surface area contributed by atoms with Crippen molar-refractivity contribution in [3.05, 3.63) is 71.7 Å². The number of nitrogens with zero attached hydrogens (tertiary/aromatic N) is 4. The van der Waals surface area contributed by atoms with Crippen molar-refractivity contribution in [3.63, 3.8) is 0 Å². The average Bonchev–Trinajstić information content (AvgIpc) is 3.26. The SMILES string of the molecule is COc1ccc(F)cc1C(C)(C)CC(O)(CNc1nc(C)nc2c1cnn2-c1ccc(F)cc1)C(F)(F)F. The molecule has 4 aromatic rings. The molecule has 4 rings (SSSR count). The summed E-state index contributed by atoms with van der Waals surface area (Å²) in [6, 6.07) is 9.03. The van der Waals surface area contributed by atoms with Crippen LogP contribution in [0.2, 0.25) is 0 Å². The summed E-state index contributed by atoms with van der Waals surface area (Å²) < 4.78 is 76.9. The summed E-state index contributed by atoms with van der Waals surface area (Å²) in [6.45, 7) is 3.55. The van der Waals surface area contributed by atoms with E-state index in [9.17, 15) is 27.1 Å². The first-order chi connectivity index (χ1) is 17.7. The standard InChI is InChI=1S/C26H26F5N5O2/c1-15-34-22(19-12-33-36(23(19)35-15)18-8-5-16(27)6-9-18)32-14-25(37,26(29,30)31)13-24(2,3)20-11-17(28)7-10-21(20)38-4/h5-12,37H,13-14H2,1-4H3,(H,32,34,35). The number of halogens is 5. The number of fused-ring (bicyclic) bond motifs is 1. The number of benzene rings is 2. The van der Waals surface area contributed by atoms with Crippen LogP contribution in [0.3, 0.4) is 0 Å². The summed E-state index contributed by atoms with van der Waals surface area (Å²) in [5.74, 6) is -0.604. The molecular formula is C26H26F5N5O2. The summed E-state index contributed by atoms with van der Waals surface area (Å²) in [5.41, 5.74) is -3.62. The Hall–Kier alpha value is -3.80. The smallest absolute Gasteiger partial charge is 0.418 e.